The number of carbonyl (C=O) groups is 2. The number of benzene rings is 2. The van der Waals surface area contributed by atoms with Crippen molar-refractivity contribution < 1.29 is 27.5 Å². The zero-order valence-electron chi connectivity index (χ0n) is 16.1. The number of anilines is 2. The summed E-state index contributed by atoms with van der Waals surface area (Å²) < 4.78 is 42.5. The van der Waals surface area contributed by atoms with Crippen LogP contribution < -0.4 is 15.4 Å². The van der Waals surface area contributed by atoms with Gasteiger partial charge in [-0.05, 0) is 60.3 Å². The number of alkyl halides is 3. The number of hydrogen-bond donors (Lipinski definition) is 2. The normalized spacial score (nSPS) is 11.0. The monoisotopic (exact) mass is 447 g/mol. The zero-order valence-corrected chi connectivity index (χ0v) is 16.9. The minimum atomic E-state index is -4.39. The van der Waals surface area contributed by atoms with E-state index in [1.807, 2.05) is 0 Å². The molecule has 0 aliphatic rings. The van der Waals surface area contributed by atoms with Crippen LogP contribution in [0.2, 0.25) is 0 Å². The number of nitrogens with zero attached hydrogens (tertiary/aromatic N) is 1. The Hall–Kier alpha value is -3.53. The van der Waals surface area contributed by atoms with Crippen LogP contribution in [0.1, 0.15) is 20.7 Å². The molecule has 1 aromatic heterocycles. The van der Waals surface area contributed by atoms with E-state index in [-0.39, 0.29) is 28.1 Å². The fraction of sp³-hybridized carbons (Fsp3) is 0.0952. The van der Waals surface area contributed by atoms with Gasteiger partial charge in [0.1, 0.15) is 5.75 Å². The largest absolute Gasteiger partial charge is 0.494 e. The minimum absolute atomic E-state index is 0.0144. The Morgan fingerprint density at radius 1 is 0.968 bits per heavy atom. The van der Waals surface area contributed by atoms with E-state index in [0.29, 0.717) is 22.7 Å². The number of aromatic nitrogens is 1. The van der Waals surface area contributed by atoms with Gasteiger partial charge in [-0.2, -0.15) is 13.2 Å². The topological polar surface area (TPSA) is 80.3 Å². The number of hydrogen-bond acceptors (Lipinski definition) is 5. The van der Waals surface area contributed by atoms with Gasteiger partial charge in [-0.3, -0.25) is 14.6 Å². The number of amides is 2. The van der Waals surface area contributed by atoms with E-state index in [0.717, 1.165) is 0 Å². The second kappa shape index (κ2) is 9.52. The molecule has 2 aromatic carbocycles. The van der Waals surface area contributed by atoms with E-state index in [2.05, 4.69) is 15.6 Å². The van der Waals surface area contributed by atoms with Crippen molar-refractivity contribution in [1.82, 2.24) is 4.98 Å². The molecule has 0 unspecified atom stereocenters. The smallest absolute Gasteiger partial charge is 0.446 e. The molecule has 0 saturated carbocycles. The first-order chi connectivity index (χ1) is 14.7. The lowest BCUT2D eigenvalue weighted by atomic mass is 10.2. The molecule has 10 heteroatoms. The summed E-state index contributed by atoms with van der Waals surface area (Å²) in [6, 6.07) is 13.0. The Kier molecular flexibility index (Phi) is 6.81. The van der Waals surface area contributed by atoms with E-state index in [9.17, 15) is 22.8 Å². The summed E-state index contributed by atoms with van der Waals surface area (Å²) in [5.74, 6) is -0.565. The molecule has 1 heterocycles. The van der Waals surface area contributed by atoms with Crippen LogP contribution in [0.4, 0.5) is 24.5 Å². The Morgan fingerprint density at radius 2 is 1.68 bits per heavy atom. The van der Waals surface area contributed by atoms with Crippen molar-refractivity contribution >= 4 is 35.0 Å². The number of ether oxygens (including phenoxy) is 1. The highest BCUT2D eigenvalue weighted by molar-refractivity contribution is 8.00. The van der Waals surface area contributed by atoms with Gasteiger partial charge < -0.3 is 15.4 Å². The standard InChI is InChI=1S/C21H16F3N3O3S/c1-30-18-11-15(6-9-17(18)27-20(29)14-3-2-10-25-12-14)26-19(28)13-4-7-16(8-5-13)31-21(22,23)24/h2-12H,1H3,(H,26,28)(H,27,29). The molecule has 0 fully saturated rings. The minimum Gasteiger partial charge on any atom is -0.494 e. The van der Waals surface area contributed by atoms with Crippen molar-refractivity contribution in [2.24, 2.45) is 0 Å². The summed E-state index contributed by atoms with van der Waals surface area (Å²) in [5, 5.41) is 5.35. The van der Waals surface area contributed by atoms with E-state index in [1.165, 1.54) is 43.6 Å². The van der Waals surface area contributed by atoms with Crippen LogP contribution in [-0.4, -0.2) is 29.4 Å². The third-order valence-electron chi connectivity index (χ3n) is 3.98. The molecule has 0 saturated heterocycles. The van der Waals surface area contributed by atoms with Crippen LogP contribution in [0.25, 0.3) is 0 Å². The van der Waals surface area contributed by atoms with Gasteiger partial charge in [0.15, 0.2) is 0 Å². The Bertz CT molecular complexity index is 1070. The van der Waals surface area contributed by atoms with Gasteiger partial charge in [0.25, 0.3) is 11.8 Å². The van der Waals surface area contributed by atoms with Gasteiger partial charge in [-0.15, -0.1) is 0 Å². The van der Waals surface area contributed by atoms with E-state index in [1.54, 1.807) is 30.5 Å². The summed E-state index contributed by atoms with van der Waals surface area (Å²) >= 11 is -0.252. The molecular weight excluding hydrogens is 431 g/mol. The Labute approximate surface area is 179 Å². The average molecular weight is 447 g/mol. The van der Waals surface area contributed by atoms with Gasteiger partial charge in [0.05, 0.1) is 18.4 Å². The van der Waals surface area contributed by atoms with Crippen molar-refractivity contribution in [1.29, 1.82) is 0 Å². The van der Waals surface area contributed by atoms with Gasteiger partial charge in [-0.1, -0.05) is 0 Å². The van der Waals surface area contributed by atoms with Crippen molar-refractivity contribution in [3.8, 4) is 5.75 Å². The van der Waals surface area contributed by atoms with E-state index >= 15 is 0 Å². The molecule has 2 amide bonds. The number of methoxy groups -OCH3 is 1. The lowest BCUT2D eigenvalue weighted by molar-refractivity contribution is -0.0328. The molecule has 0 aliphatic heterocycles. The van der Waals surface area contributed by atoms with Crippen LogP contribution >= 0.6 is 11.8 Å². The first kappa shape index (κ1) is 22.2. The van der Waals surface area contributed by atoms with E-state index < -0.39 is 11.4 Å². The third-order valence-corrected chi connectivity index (χ3v) is 4.72. The lowest BCUT2D eigenvalue weighted by Crippen LogP contribution is -2.14. The van der Waals surface area contributed by atoms with Crippen molar-refractivity contribution in [2.45, 2.75) is 10.4 Å². The fourth-order valence-electron chi connectivity index (χ4n) is 2.58. The highest BCUT2D eigenvalue weighted by Gasteiger charge is 2.29. The first-order valence-electron chi connectivity index (χ1n) is 8.82. The first-order valence-corrected chi connectivity index (χ1v) is 9.63. The highest BCUT2D eigenvalue weighted by Crippen LogP contribution is 2.36. The molecule has 6 nitrogen and oxygen atoms in total. The van der Waals surface area contributed by atoms with Crippen molar-refractivity contribution in [2.75, 3.05) is 17.7 Å². The van der Waals surface area contributed by atoms with Gasteiger partial charge >= 0.3 is 5.51 Å². The molecule has 0 atom stereocenters. The molecule has 160 valence electrons. The van der Waals surface area contributed by atoms with Crippen LogP contribution in [0.3, 0.4) is 0 Å². The average Bonchev–Trinajstić information content (AvgIpc) is 2.74. The van der Waals surface area contributed by atoms with Gasteiger partial charge in [-0.25, -0.2) is 0 Å². The molecule has 31 heavy (non-hydrogen) atoms. The van der Waals surface area contributed by atoms with Gasteiger partial charge in [0, 0.05) is 34.6 Å². The summed E-state index contributed by atoms with van der Waals surface area (Å²) in [6.45, 7) is 0. The van der Waals surface area contributed by atoms with Crippen LogP contribution in [-0.2, 0) is 0 Å². The van der Waals surface area contributed by atoms with Crippen molar-refractivity contribution in [3.05, 3.63) is 78.1 Å². The molecular formula is C21H16F3N3O3S. The number of thioether (sulfide) groups is 1. The van der Waals surface area contributed by atoms with Crippen LogP contribution in [0, 0.1) is 0 Å². The van der Waals surface area contributed by atoms with Crippen LogP contribution in [0.5, 0.6) is 5.75 Å². The summed E-state index contributed by atoms with van der Waals surface area (Å²) in [6.07, 6.45) is 2.98. The Balaban J connectivity index is 1.69. The molecule has 3 aromatic rings. The molecule has 3 rings (SSSR count). The molecule has 0 spiro atoms. The number of nitrogens with one attached hydrogen (secondary N) is 2. The summed E-state index contributed by atoms with van der Waals surface area (Å²) in [4.78, 5) is 28.6. The lowest BCUT2D eigenvalue weighted by Gasteiger charge is -2.13. The fourth-order valence-corrected chi connectivity index (χ4v) is 3.11. The maximum Gasteiger partial charge on any atom is 0.446 e. The number of carbonyl (C=O) groups excluding carboxylic acids is 2. The highest BCUT2D eigenvalue weighted by atomic mass is 32.2. The maximum atomic E-state index is 12.4. The number of halogens is 3. The second-order valence-corrected chi connectivity index (χ2v) is 7.28. The predicted molar refractivity (Wildman–Crippen MR) is 111 cm³/mol. The summed E-state index contributed by atoms with van der Waals surface area (Å²) in [5.41, 5.74) is -3.06. The maximum absolute atomic E-state index is 12.4. The second-order valence-electron chi connectivity index (χ2n) is 6.14. The SMILES string of the molecule is COc1cc(NC(=O)c2ccc(SC(F)(F)F)cc2)ccc1NC(=O)c1cccnc1. The van der Waals surface area contributed by atoms with Crippen LogP contribution in [0.15, 0.2) is 71.9 Å². The Morgan fingerprint density at radius 3 is 2.29 bits per heavy atom. The predicted octanol–water partition coefficient (Wildman–Crippen LogP) is 5.21. The molecule has 0 aliphatic carbocycles. The third kappa shape index (κ3) is 6.22. The van der Waals surface area contributed by atoms with Gasteiger partial charge in [0.2, 0.25) is 0 Å². The number of rotatable bonds is 6. The zero-order chi connectivity index (χ0) is 22.4. The molecule has 0 bridgehead atoms. The molecule has 0 radical (unpaired) electrons. The van der Waals surface area contributed by atoms with Crippen molar-refractivity contribution in [3.63, 3.8) is 0 Å². The van der Waals surface area contributed by atoms with E-state index in [4.69, 9.17) is 4.74 Å². The summed E-state index contributed by atoms with van der Waals surface area (Å²) in [7, 11) is 1.41. The number of pyridine rings is 1. The molecule has 2 N–H and O–H groups in total. The quantitative estimate of drug-likeness (QED) is 0.508.